The summed E-state index contributed by atoms with van der Waals surface area (Å²) in [4.78, 5) is 24.0. The highest BCUT2D eigenvalue weighted by molar-refractivity contribution is 5.89. The first-order valence-electron chi connectivity index (χ1n) is 8.18. The maximum Gasteiger partial charge on any atom is 0.347 e. The van der Waals surface area contributed by atoms with Crippen molar-refractivity contribution in [2.75, 3.05) is 14.2 Å². The van der Waals surface area contributed by atoms with Crippen LogP contribution in [0, 0.1) is 0 Å². The lowest BCUT2D eigenvalue weighted by atomic mass is 10.1. The number of aromatic hydroxyl groups is 3. The summed E-state index contributed by atoms with van der Waals surface area (Å²) in [5, 5.41) is 28.4. The van der Waals surface area contributed by atoms with Crippen LogP contribution < -0.4 is 4.74 Å². The van der Waals surface area contributed by atoms with E-state index in [9.17, 15) is 24.9 Å². The van der Waals surface area contributed by atoms with Crippen LogP contribution in [0.1, 0.15) is 11.1 Å². The Balaban J connectivity index is 2.10. The number of carbonyl (C=O) groups excluding carboxylic acids is 2. The van der Waals surface area contributed by atoms with Crippen molar-refractivity contribution in [1.82, 2.24) is 0 Å². The number of hydrogen-bond acceptors (Lipinski definition) is 8. The zero-order chi connectivity index (χ0) is 20.7. The Morgan fingerprint density at radius 2 is 1.71 bits per heavy atom. The minimum atomic E-state index is -1.20. The fraction of sp³-hybridized carbons (Fsp3) is 0.200. The van der Waals surface area contributed by atoms with Crippen molar-refractivity contribution in [2.24, 2.45) is 0 Å². The molecule has 2 aromatic rings. The molecular formula is C20H20O8. The Morgan fingerprint density at radius 3 is 2.36 bits per heavy atom. The van der Waals surface area contributed by atoms with E-state index in [1.807, 2.05) is 0 Å². The van der Waals surface area contributed by atoms with Gasteiger partial charge in [-0.05, 0) is 41.5 Å². The van der Waals surface area contributed by atoms with Crippen molar-refractivity contribution >= 4 is 18.0 Å². The molecule has 28 heavy (non-hydrogen) atoms. The Kier molecular flexibility index (Phi) is 6.86. The van der Waals surface area contributed by atoms with Crippen LogP contribution in [-0.2, 0) is 25.5 Å². The summed E-state index contributed by atoms with van der Waals surface area (Å²) in [5.74, 6) is -1.98. The molecule has 148 valence electrons. The van der Waals surface area contributed by atoms with E-state index >= 15 is 0 Å². The molecule has 0 aliphatic carbocycles. The van der Waals surface area contributed by atoms with E-state index in [1.54, 1.807) is 6.07 Å². The van der Waals surface area contributed by atoms with Gasteiger partial charge in [-0.2, -0.15) is 0 Å². The number of phenols is 3. The van der Waals surface area contributed by atoms with Crippen LogP contribution in [0.15, 0.2) is 42.5 Å². The zero-order valence-corrected chi connectivity index (χ0v) is 15.3. The van der Waals surface area contributed by atoms with Crippen molar-refractivity contribution in [3.63, 3.8) is 0 Å². The SMILES string of the molecule is COC(=O)C(Cc1ccc(O)c(OC)c1)OC(=O)C=Cc1ccc(O)c(O)c1. The molecule has 0 fully saturated rings. The van der Waals surface area contributed by atoms with Crippen LogP contribution in [0.4, 0.5) is 0 Å². The zero-order valence-electron chi connectivity index (χ0n) is 15.3. The van der Waals surface area contributed by atoms with Gasteiger partial charge in [0.15, 0.2) is 23.0 Å². The Morgan fingerprint density at radius 1 is 1.00 bits per heavy atom. The number of carbonyl (C=O) groups is 2. The number of rotatable bonds is 7. The fourth-order valence-corrected chi connectivity index (χ4v) is 2.36. The second-order valence-electron chi connectivity index (χ2n) is 5.74. The van der Waals surface area contributed by atoms with Crippen molar-refractivity contribution in [2.45, 2.75) is 12.5 Å². The average molecular weight is 388 g/mol. The van der Waals surface area contributed by atoms with E-state index in [0.29, 0.717) is 11.1 Å². The molecule has 0 heterocycles. The van der Waals surface area contributed by atoms with Gasteiger partial charge in [0.05, 0.1) is 14.2 Å². The first-order valence-corrected chi connectivity index (χ1v) is 8.18. The third-order valence-electron chi connectivity index (χ3n) is 3.80. The Labute approximate surface area is 161 Å². The topological polar surface area (TPSA) is 123 Å². The molecule has 0 amide bonds. The molecule has 0 aromatic heterocycles. The predicted octanol–water partition coefficient (Wildman–Crippen LogP) is 2.15. The van der Waals surface area contributed by atoms with Gasteiger partial charge in [-0.25, -0.2) is 9.59 Å². The molecule has 0 aliphatic heterocycles. The summed E-state index contributed by atoms with van der Waals surface area (Å²) >= 11 is 0. The van der Waals surface area contributed by atoms with Crippen molar-refractivity contribution in [1.29, 1.82) is 0 Å². The molecule has 1 unspecified atom stereocenters. The first kappa shape index (κ1) is 20.6. The summed E-state index contributed by atoms with van der Waals surface area (Å²) in [7, 11) is 2.57. The van der Waals surface area contributed by atoms with E-state index in [4.69, 9.17) is 9.47 Å². The average Bonchev–Trinajstić information content (AvgIpc) is 2.69. The number of esters is 2. The van der Waals surface area contributed by atoms with Crippen molar-refractivity contribution in [3.05, 3.63) is 53.6 Å². The van der Waals surface area contributed by atoms with Gasteiger partial charge < -0.3 is 29.5 Å². The minimum absolute atomic E-state index is 0.0168. The van der Waals surface area contributed by atoms with Gasteiger partial charge in [-0.3, -0.25) is 0 Å². The lowest BCUT2D eigenvalue weighted by Crippen LogP contribution is -2.30. The molecule has 0 saturated heterocycles. The molecule has 0 aliphatic rings. The highest BCUT2D eigenvalue weighted by atomic mass is 16.6. The number of benzene rings is 2. The van der Waals surface area contributed by atoms with Gasteiger partial charge in [-0.15, -0.1) is 0 Å². The molecule has 0 radical (unpaired) electrons. The normalized spacial score (nSPS) is 11.8. The smallest absolute Gasteiger partial charge is 0.347 e. The largest absolute Gasteiger partial charge is 0.504 e. The molecule has 0 bridgehead atoms. The van der Waals surface area contributed by atoms with Crippen LogP contribution in [-0.4, -0.2) is 47.6 Å². The van der Waals surface area contributed by atoms with Crippen LogP contribution in [0.2, 0.25) is 0 Å². The summed E-state index contributed by atoms with van der Waals surface area (Å²) in [6.07, 6.45) is 1.26. The number of ether oxygens (including phenoxy) is 3. The standard InChI is InChI=1S/C20H20O8/c1-26-17-10-13(4-7-15(17)22)11-18(20(25)27-2)28-19(24)8-5-12-3-6-14(21)16(23)9-12/h3-10,18,21-23H,11H2,1-2H3. The Bertz CT molecular complexity index is 888. The monoisotopic (exact) mass is 388 g/mol. The van der Waals surface area contributed by atoms with Gasteiger partial charge in [0.1, 0.15) is 0 Å². The summed E-state index contributed by atoms with van der Waals surface area (Å²) < 4.78 is 14.9. The molecule has 0 saturated carbocycles. The molecule has 2 aromatic carbocycles. The fourth-order valence-electron chi connectivity index (χ4n) is 2.36. The van der Waals surface area contributed by atoms with Crippen LogP contribution in [0.3, 0.4) is 0 Å². The minimum Gasteiger partial charge on any atom is -0.504 e. The number of methoxy groups -OCH3 is 2. The van der Waals surface area contributed by atoms with Crippen molar-refractivity contribution < 1.29 is 39.1 Å². The number of hydrogen-bond donors (Lipinski definition) is 3. The third kappa shape index (κ3) is 5.41. The second kappa shape index (κ2) is 9.31. The van der Waals surface area contributed by atoms with Crippen LogP contribution >= 0.6 is 0 Å². The highest BCUT2D eigenvalue weighted by Crippen LogP contribution is 2.27. The first-order chi connectivity index (χ1) is 13.3. The van der Waals surface area contributed by atoms with Crippen LogP contribution in [0.25, 0.3) is 6.08 Å². The van der Waals surface area contributed by atoms with E-state index < -0.39 is 18.0 Å². The third-order valence-corrected chi connectivity index (χ3v) is 3.80. The summed E-state index contributed by atoms with van der Waals surface area (Å²) in [6.45, 7) is 0. The molecule has 8 nitrogen and oxygen atoms in total. The van der Waals surface area contributed by atoms with Gasteiger partial charge in [0, 0.05) is 12.5 Å². The molecule has 1 atom stereocenters. The highest BCUT2D eigenvalue weighted by Gasteiger charge is 2.24. The maximum atomic E-state index is 12.1. The molecule has 0 spiro atoms. The van der Waals surface area contributed by atoms with E-state index in [-0.39, 0.29) is 29.4 Å². The quantitative estimate of drug-likeness (QED) is 0.375. The van der Waals surface area contributed by atoms with Gasteiger partial charge in [0.2, 0.25) is 6.10 Å². The predicted molar refractivity (Wildman–Crippen MR) is 99.1 cm³/mol. The van der Waals surface area contributed by atoms with Gasteiger partial charge in [-0.1, -0.05) is 12.1 Å². The van der Waals surface area contributed by atoms with Gasteiger partial charge in [0.25, 0.3) is 0 Å². The lowest BCUT2D eigenvalue weighted by molar-refractivity contribution is -0.162. The van der Waals surface area contributed by atoms with E-state index in [2.05, 4.69) is 4.74 Å². The molecule has 2 rings (SSSR count). The van der Waals surface area contributed by atoms with E-state index in [1.165, 1.54) is 50.6 Å². The molecular weight excluding hydrogens is 368 g/mol. The number of phenolic OH excluding ortho intramolecular Hbond substituents is 3. The lowest BCUT2D eigenvalue weighted by Gasteiger charge is -2.15. The molecule has 3 N–H and O–H groups in total. The van der Waals surface area contributed by atoms with E-state index in [0.717, 1.165) is 6.08 Å². The molecule has 8 heteroatoms. The summed E-state index contributed by atoms with van der Waals surface area (Å²) in [5.41, 5.74) is 1.04. The Hall–Kier alpha value is -3.68. The van der Waals surface area contributed by atoms with Gasteiger partial charge >= 0.3 is 11.9 Å². The maximum absolute atomic E-state index is 12.1. The second-order valence-corrected chi connectivity index (χ2v) is 5.74. The summed E-state index contributed by atoms with van der Waals surface area (Å²) in [6, 6.07) is 8.52. The van der Waals surface area contributed by atoms with Crippen LogP contribution in [0.5, 0.6) is 23.0 Å². The van der Waals surface area contributed by atoms with Crippen molar-refractivity contribution in [3.8, 4) is 23.0 Å².